The van der Waals surface area contributed by atoms with Crippen LogP contribution in [0.3, 0.4) is 0 Å². The number of benzene rings is 1. The lowest BCUT2D eigenvalue weighted by Gasteiger charge is -2.07. The van der Waals surface area contributed by atoms with Gasteiger partial charge >= 0.3 is 0 Å². The third-order valence-corrected chi connectivity index (χ3v) is 2.41. The first-order chi connectivity index (χ1) is 8.20. The molecule has 2 aromatic rings. The van der Waals surface area contributed by atoms with E-state index in [9.17, 15) is 4.39 Å². The predicted molar refractivity (Wildman–Crippen MR) is 63.6 cm³/mol. The molecule has 2 rings (SSSR count). The van der Waals surface area contributed by atoms with E-state index in [1.165, 1.54) is 12.1 Å². The summed E-state index contributed by atoms with van der Waals surface area (Å²) in [4.78, 5) is 4.10. The molecule has 0 aliphatic carbocycles. The van der Waals surface area contributed by atoms with Gasteiger partial charge in [0.05, 0.1) is 10.7 Å². The highest BCUT2D eigenvalue weighted by Crippen LogP contribution is 2.27. The molecule has 0 saturated heterocycles. The zero-order chi connectivity index (χ0) is 12.3. The monoisotopic (exact) mass is 252 g/mol. The van der Waals surface area contributed by atoms with E-state index in [1.54, 1.807) is 24.3 Å². The minimum atomic E-state index is -0.603. The minimum Gasteiger partial charge on any atom is -0.436 e. The number of halogens is 2. The van der Waals surface area contributed by atoms with Gasteiger partial charge < -0.3 is 10.5 Å². The molecule has 2 N–H and O–H groups in total. The Labute approximate surface area is 103 Å². The summed E-state index contributed by atoms with van der Waals surface area (Å²) >= 11 is 5.64. The van der Waals surface area contributed by atoms with E-state index < -0.39 is 5.82 Å². The summed E-state index contributed by atoms with van der Waals surface area (Å²) in [5.41, 5.74) is 6.12. The number of nitrogens with zero attached hydrogens (tertiary/aromatic N) is 1. The Morgan fingerprint density at radius 2 is 2.00 bits per heavy atom. The molecule has 88 valence electrons. The Morgan fingerprint density at radius 1 is 1.24 bits per heavy atom. The number of rotatable bonds is 3. The van der Waals surface area contributed by atoms with Crippen LogP contribution >= 0.6 is 11.6 Å². The van der Waals surface area contributed by atoms with E-state index in [0.717, 1.165) is 0 Å². The third-order valence-electron chi connectivity index (χ3n) is 2.12. The van der Waals surface area contributed by atoms with Gasteiger partial charge in [0.1, 0.15) is 0 Å². The van der Waals surface area contributed by atoms with Crippen LogP contribution in [-0.4, -0.2) is 4.98 Å². The lowest BCUT2D eigenvalue weighted by molar-refractivity contribution is 0.426. The molecule has 3 nitrogen and oxygen atoms in total. The van der Waals surface area contributed by atoms with Gasteiger partial charge in [-0.1, -0.05) is 23.7 Å². The minimum absolute atomic E-state index is 0.0116. The highest BCUT2D eigenvalue weighted by molar-refractivity contribution is 6.30. The molecular weight excluding hydrogens is 243 g/mol. The van der Waals surface area contributed by atoms with Crippen molar-refractivity contribution in [2.24, 2.45) is 5.73 Å². The molecular formula is C12H10ClFN2O. The molecule has 0 atom stereocenters. The Balaban J connectivity index is 2.28. The van der Waals surface area contributed by atoms with Crippen molar-refractivity contribution in [2.45, 2.75) is 6.54 Å². The maximum atomic E-state index is 13.6. The van der Waals surface area contributed by atoms with Gasteiger partial charge in [0.15, 0.2) is 11.6 Å². The van der Waals surface area contributed by atoms with Gasteiger partial charge in [-0.2, -0.15) is 0 Å². The second-order valence-electron chi connectivity index (χ2n) is 3.33. The number of hydrogen-bond donors (Lipinski definition) is 1. The zero-order valence-corrected chi connectivity index (χ0v) is 9.62. The smallest absolute Gasteiger partial charge is 0.219 e. The third kappa shape index (κ3) is 2.72. The molecule has 17 heavy (non-hydrogen) atoms. The number of aromatic nitrogens is 1. The van der Waals surface area contributed by atoms with Crippen molar-refractivity contribution < 1.29 is 9.13 Å². The molecule has 0 unspecified atom stereocenters. The van der Waals surface area contributed by atoms with E-state index in [0.29, 0.717) is 12.2 Å². The molecule has 1 aromatic heterocycles. The molecule has 0 radical (unpaired) electrons. The average molecular weight is 253 g/mol. The number of ether oxygens (including phenoxy) is 1. The first-order valence-corrected chi connectivity index (χ1v) is 5.36. The molecule has 1 heterocycles. The second kappa shape index (κ2) is 5.12. The van der Waals surface area contributed by atoms with Crippen LogP contribution in [-0.2, 0) is 6.54 Å². The normalized spacial score (nSPS) is 10.3. The van der Waals surface area contributed by atoms with Crippen molar-refractivity contribution in [3.63, 3.8) is 0 Å². The van der Waals surface area contributed by atoms with Gasteiger partial charge in [0, 0.05) is 12.6 Å². The van der Waals surface area contributed by atoms with Gasteiger partial charge in [-0.3, -0.25) is 0 Å². The molecule has 0 aliphatic rings. The summed E-state index contributed by atoms with van der Waals surface area (Å²) < 4.78 is 18.9. The molecule has 0 bridgehead atoms. The maximum Gasteiger partial charge on any atom is 0.219 e. The Kier molecular flexibility index (Phi) is 3.56. The van der Waals surface area contributed by atoms with E-state index in [2.05, 4.69) is 4.98 Å². The molecule has 0 aliphatic heterocycles. The van der Waals surface area contributed by atoms with Crippen LogP contribution in [0.1, 0.15) is 5.69 Å². The lowest BCUT2D eigenvalue weighted by atomic mass is 10.3. The van der Waals surface area contributed by atoms with Gasteiger partial charge in [0.25, 0.3) is 0 Å². The quantitative estimate of drug-likeness (QED) is 0.913. The standard InChI is InChI=1S/C12H10ClFN2O/c13-9-4-2-5-10(12(9)14)17-11-6-1-3-8(7-15)16-11/h1-6H,7,15H2. The van der Waals surface area contributed by atoms with E-state index in [-0.39, 0.29) is 16.7 Å². The van der Waals surface area contributed by atoms with Crippen molar-refractivity contribution >= 4 is 11.6 Å². The van der Waals surface area contributed by atoms with Gasteiger partial charge in [0.2, 0.25) is 5.88 Å². The fourth-order valence-corrected chi connectivity index (χ4v) is 1.47. The summed E-state index contributed by atoms with van der Waals surface area (Å²) in [5, 5.41) is 0.0116. The molecule has 1 aromatic carbocycles. The van der Waals surface area contributed by atoms with E-state index in [4.69, 9.17) is 22.1 Å². The fourth-order valence-electron chi connectivity index (χ4n) is 1.30. The highest BCUT2D eigenvalue weighted by atomic mass is 35.5. The van der Waals surface area contributed by atoms with Crippen LogP contribution in [0.4, 0.5) is 4.39 Å². The van der Waals surface area contributed by atoms with Crippen LogP contribution in [0.2, 0.25) is 5.02 Å². The molecule has 0 saturated carbocycles. The summed E-state index contributed by atoms with van der Waals surface area (Å²) in [7, 11) is 0. The average Bonchev–Trinajstić information content (AvgIpc) is 2.35. The first-order valence-electron chi connectivity index (χ1n) is 4.98. The van der Waals surface area contributed by atoms with Gasteiger partial charge in [-0.15, -0.1) is 0 Å². The topological polar surface area (TPSA) is 48.1 Å². The fraction of sp³-hybridized carbons (Fsp3) is 0.0833. The molecule has 5 heteroatoms. The van der Waals surface area contributed by atoms with Crippen LogP contribution in [0.25, 0.3) is 0 Å². The van der Waals surface area contributed by atoms with Crippen molar-refractivity contribution in [3.05, 3.63) is 52.9 Å². The number of hydrogen-bond acceptors (Lipinski definition) is 3. The van der Waals surface area contributed by atoms with Crippen LogP contribution < -0.4 is 10.5 Å². The molecule has 0 amide bonds. The maximum absolute atomic E-state index is 13.6. The van der Waals surface area contributed by atoms with Gasteiger partial charge in [-0.25, -0.2) is 9.37 Å². The lowest BCUT2D eigenvalue weighted by Crippen LogP contribution is -2.00. The predicted octanol–water partition coefficient (Wildman–Crippen LogP) is 3.13. The number of nitrogens with two attached hydrogens (primary N) is 1. The van der Waals surface area contributed by atoms with Gasteiger partial charge in [-0.05, 0) is 18.2 Å². The van der Waals surface area contributed by atoms with E-state index >= 15 is 0 Å². The summed E-state index contributed by atoms with van der Waals surface area (Å²) in [5.74, 6) is -0.276. The summed E-state index contributed by atoms with van der Waals surface area (Å²) in [6.07, 6.45) is 0. The largest absolute Gasteiger partial charge is 0.436 e. The van der Waals surface area contributed by atoms with Crippen molar-refractivity contribution in [3.8, 4) is 11.6 Å². The second-order valence-corrected chi connectivity index (χ2v) is 3.73. The van der Waals surface area contributed by atoms with Crippen molar-refractivity contribution in [2.75, 3.05) is 0 Å². The Morgan fingerprint density at radius 3 is 2.76 bits per heavy atom. The van der Waals surface area contributed by atoms with Crippen molar-refractivity contribution in [1.29, 1.82) is 0 Å². The summed E-state index contributed by atoms with van der Waals surface area (Å²) in [6, 6.07) is 9.67. The zero-order valence-electron chi connectivity index (χ0n) is 8.86. The van der Waals surface area contributed by atoms with Crippen molar-refractivity contribution in [1.82, 2.24) is 4.98 Å². The SMILES string of the molecule is NCc1cccc(Oc2cccc(Cl)c2F)n1. The Hall–Kier alpha value is -1.65. The van der Waals surface area contributed by atoms with Crippen LogP contribution in [0.15, 0.2) is 36.4 Å². The first kappa shape index (κ1) is 11.8. The highest BCUT2D eigenvalue weighted by Gasteiger charge is 2.09. The molecule has 0 fully saturated rings. The molecule has 0 spiro atoms. The van der Waals surface area contributed by atoms with Crippen LogP contribution in [0, 0.1) is 5.82 Å². The van der Waals surface area contributed by atoms with E-state index in [1.807, 2.05) is 0 Å². The number of pyridine rings is 1. The Bertz CT molecular complexity index is 534. The summed E-state index contributed by atoms with van der Waals surface area (Å²) in [6.45, 7) is 0.301. The van der Waals surface area contributed by atoms with Crippen LogP contribution in [0.5, 0.6) is 11.6 Å².